The maximum absolute atomic E-state index is 12.7. The summed E-state index contributed by atoms with van der Waals surface area (Å²) in [4.78, 5) is 24.3. The van der Waals surface area contributed by atoms with Crippen LogP contribution in [0.15, 0.2) is 42.5 Å². The lowest BCUT2D eigenvalue weighted by Gasteiger charge is -2.09. The number of aromatic nitrogens is 3. The van der Waals surface area contributed by atoms with Crippen molar-refractivity contribution in [3.05, 3.63) is 65.0 Å². The van der Waals surface area contributed by atoms with Gasteiger partial charge in [-0.25, -0.2) is 4.79 Å². The summed E-state index contributed by atoms with van der Waals surface area (Å²) in [5, 5.41) is 19.5. The Bertz CT molecular complexity index is 1120. The molecule has 11 heteroatoms. The summed E-state index contributed by atoms with van der Waals surface area (Å²) in [6.07, 6.45) is -4.45. The van der Waals surface area contributed by atoms with Gasteiger partial charge >= 0.3 is 12.1 Å². The number of halogens is 3. The highest BCUT2D eigenvalue weighted by Gasteiger charge is 2.30. The average Bonchev–Trinajstić information content (AvgIpc) is 3.08. The van der Waals surface area contributed by atoms with Crippen molar-refractivity contribution in [3.63, 3.8) is 0 Å². The number of carbonyl (C=O) groups excluding carboxylic acids is 1. The Morgan fingerprint density at radius 2 is 1.77 bits per heavy atom. The monoisotopic (exact) mass is 434 g/mol. The summed E-state index contributed by atoms with van der Waals surface area (Å²) in [7, 11) is 0. The number of anilines is 1. The van der Waals surface area contributed by atoms with Crippen LogP contribution in [0.5, 0.6) is 5.75 Å². The molecular weight excluding hydrogens is 417 g/mol. The molecule has 0 aliphatic rings. The third-order valence-electron chi connectivity index (χ3n) is 4.21. The highest BCUT2D eigenvalue weighted by molar-refractivity contribution is 6.03. The van der Waals surface area contributed by atoms with Gasteiger partial charge in [0.2, 0.25) is 0 Å². The van der Waals surface area contributed by atoms with E-state index in [0.29, 0.717) is 17.0 Å². The summed E-state index contributed by atoms with van der Waals surface area (Å²) >= 11 is 0. The molecule has 2 N–H and O–H groups in total. The van der Waals surface area contributed by atoms with E-state index in [0.717, 1.165) is 16.9 Å². The van der Waals surface area contributed by atoms with Gasteiger partial charge < -0.3 is 15.2 Å². The van der Waals surface area contributed by atoms with Gasteiger partial charge in [-0.05, 0) is 61.9 Å². The molecule has 0 fully saturated rings. The van der Waals surface area contributed by atoms with Gasteiger partial charge in [-0.1, -0.05) is 0 Å². The lowest BCUT2D eigenvalue weighted by molar-refractivity contribution is -0.139. The zero-order valence-electron chi connectivity index (χ0n) is 16.4. The molecule has 1 amide bonds. The predicted octanol–water partition coefficient (Wildman–Crippen LogP) is 3.62. The molecule has 0 unspecified atom stereocenters. The van der Waals surface area contributed by atoms with Gasteiger partial charge in [0, 0.05) is 5.69 Å². The van der Waals surface area contributed by atoms with Crippen LogP contribution >= 0.6 is 0 Å². The molecule has 31 heavy (non-hydrogen) atoms. The van der Waals surface area contributed by atoms with E-state index >= 15 is 0 Å². The molecule has 0 bridgehead atoms. The zero-order valence-corrected chi connectivity index (χ0v) is 16.4. The molecule has 0 aliphatic heterocycles. The van der Waals surface area contributed by atoms with Gasteiger partial charge in [0.05, 0.1) is 16.9 Å². The van der Waals surface area contributed by atoms with Crippen molar-refractivity contribution in [1.82, 2.24) is 15.0 Å². The first kappa shape index (κ1) is 21.8. The molecule has 8 nitrogen and oxygen atoms in total. The van der Waals surface area contributed by atoms with E-state index in [1.54, 1.807) is 19.9 Å². The van der Waals surface area contributed by atoms with E-state index in [4.69, 9.17) is 9.84 Å². The molecular formula is C20H17F3N4O4. The van der Waals surface area contributed by atoms with Crippen molar-refractivity contribution in [2.45, 2.75) is 20.0 Å². The highest BCUT2D eigenvalue weighted by Crippen LogP contribution is 2.29. The SMILES string of the molecule is Cc1cc(NC(=O)c2nn(-c3ccc(C(F)(F)F)cc3)nc2C)ccc1OCC(=O)O. The van der Waals surface area contributed by atoms with E-state index in [-0.39, 0.29) is 17.1 Å². The molecule has 0 spiro atoms. The van der Waals surface area contributed by atoms with Crippen LogP contribution < -0.4 is 10.1 Å². The van der Waals surface area contributed by atoms with Crippen molar-refractivity contribution in [3.8, 4) is 11.4 Å². The topological polar surface area (TPSA) is 106 Å². The molecule has 0 aliphatic carbocycles. The molecule has 0 saturated carbocycles. The number of carbonyl (C=O) groups is 2. The van der Waals surface area contributed by atoms with Crippen LogP contribution in [0.1, 0.15) is 27.3 Å². The number of rotatable bonds is 6. The number of amides is 1. The van der Waals surface area contributed by atoms with E-state index in [1.165, 1.54) is 24.3 Å². The number of aryl methyl sites for hydroxylation is 2. The normalized spacial score (nSPS) is 11.3. The molecule has 162 valence electrons. The molecule has 0 radical (unpaired) electrons. The highest BCUT2D eigenvalue weighted by atomic mass is 19.4. The summed E-state index contributed by atoms with van der Waals surface area (Å²) in [6.45, 7) is 2.76. The number of nitrogens with one attached hydrogen (secondary N) is 1. The van der Waals surface area contributed by atoms with Crippen LogP contribution in [0.25, 0.3) is 5.69 Å². The lowest BCUT2D eigenvalue weighted by Crippen LogP contribution is -2.15. The molecule has 0 saturated heterocycles. The minimum Gasteiger partial charge on any atom is -0.482 e. The van der Waals surface area contributed by atoms with E-state index in [9.17, 15) is 22.8 Å². The number of benzene rings is 2. The minimum atomic E-state index is -4.45. The number of alkyl halides is 3. The first-order chi connectivity index (χ1) is 14.5. The van der Waals surface area contributed by atoms with Gasteiger partial charge in [-0.15, -0.1) is 5.10 Å². The number of aliphatic carboxylic acids is 1. The number of carboxylic acid groups (broad SMARTS) is 1. The lowest BCUT2D eigenvalue weighted by atomic mass is 10.2. The summed E-state index contributed by atoms with van der Waals surface area (Å²) < 4.78 is 43.3. The third kappa shape index (κ3) is 5.18. The summed E-state index contributed by atoms with van der Waals surface area (Å²) in [5.41, 5.74) is 0.798. The van der Waals surface area contributed by atoms with Gasteiger partial charge in [0.1, 0.15) is 5.75 Å². The predicted molar refractivity (Wildman–Crippen MR) is 103 cm³/mol. The van der Waals surface area contributed by atoms with Crippen LogP contribution in [0.4, 0.5) is 18.9 Å². The molecule has 1 heterocycles. The average molecular weight is 434 g/mol. The van der Waals surface area contributed by atoms with Crippen LogP contribution in [0, 0.1) is 13.8 Å². The summed E-state index contributed by atoms with van der Waals surface area (Å²) in [6, 6.07) is 8.91. The Balaban J connectivity index is 1.75. The van der Waals surface area contributed by atoms with Crippen molar-refractivity contribution in [1.29, 1.82) is 0 Å². The van der Waals surface area contributed by atoms with Gasteiger partial charge in [-0.3, -0.25) is 4.79 Å². The molecule has 2 aromatic carbocycles. The first-order valence-electron chi connectivity index (χ1n) is 8.93. The minimum absolute atomic E-state index is 0.00348. The van der Waals surface area contributed by atoms with Gasteiger partial charge in [0.15, 0.2) is 12.3 Å². The second-order valence-corrected chi connectivity index (χ2v) is 6.58. The van der Waals surface area contributed by atoms with Crippen molar-refractivity contribution >= 4 is 17.6 Å². The van der Waals surface area contributed by atoms with Crippen LogP contribution in [-0.2, 0) is 11.0 Å². The number of hydrogen-bond acceptors (Lipinski definition) is 5. The van der Waals surface area contributed by atoms with Crippen molar-refractivity contribution in [2.75, 3.05) is 11.9 Å². The smallest absolute Gasteiger partial charge is 0.416 e. The van der Waals surface area contributed by atoms with Crippen LogP contribution in [-0.4, -0.2) is 38.6 Å². The Morgan fingerprint density at radius 3 is 2.35 bits per heavy atom. The fourth-order valence-corrected chi connectivity index (χ4v) is 2.71. The molecule has 0 atom stereocenters. The van der Waals surface area contributed by atoms with Gasteiger partial charge in [0.25, 0.3) is 5.91 Å². The fourth-order valence-electron chi connectivity index (χ4n) is 2.71. The second-order valence-electron chi connectivity index (χ2n) is 6.58. The number of hydrogen-bond donors (Lipinski definition) is 2. The second kappa shape index (κ2) is 8.46. The third-order valence-corrected chi connectivity index (χ3v) is 4.21. The maximum atomic E-state index is 12.7. The zero-order chi connectivity index (χ0) is 22.8. The van der Waals surface area contributed by atoms with E-state index < -0.39 is 30.2 Å². The maximum Gasteiger partial charge on any atom is 0.416 e. The summed E-state index contributed by atoms with van der Waals surface area (Å²) in [5.74, 6) is -1.30. The molecule has 1 aromatic heterocycles. The Hall–Kier alpha value is -3.89. The Morgan fingerprint density at radius 1 is 1.10 bits per heavy atom. The number of ether oxygens (including phenoxy) is 1. The largest absolute Gasteiger partial charge is 0.482 e. The first-order valence-corrected chi connectivity index (χ1v) is 8.93. The number of nitrogens with zero attached hydrogens (tertiary/aromatic N) is 3. The standard InChI is InChI=1S/C20H17F3N4O4/c1-11-9-14(5-8-16(11)31-10-17(28)29)24-19(30)18-12(2)25-27(26-18)15-6-3-13(4-7-15)20(21,22)23/h3-9H,10H2,1-2H3,(H,24,30)(H,28,29). The van der Waals surface area contributed by atoms with E-state index in [2.05, 4.69) is 15.5 Å². The number of carboxylic acids is 1. The Kier molecular flexibility index (Phi) is 5.95. The van der Waals surface area contributed by atoms with Gasteiger partial charge in [-0.2, -0.15) is 23.1 Å². The van der Waals surface area contributed by atoms with E-state index in [1.807, 2.05) is 0 Å². The van der Waals surface area contributed by atoms with Crippen molar-refractivity contribution < 1.29 is 32.6 Å². The van der Waals surface area contributed by atoms with Crippen molar-refractivity contribution in [2.24, 2.45) is 0 Å². The quantitative estimate of drug-likeness (QED) is 0.614. The molecule has 3 rings (SSSR count). The fraction of sp³-hybridized carbons (Fsp3) is 0.200. The Labute approximate surface area is 174 Å². The van der Waals surface area contributed by atoms with Crippen LogP contribution in [0.2, 0.25) is 0 Å². The molecule has 3 aromatic rings. The van der Waals surface area contributed by atoms with Crippen LogP contribution in [0.3, 0.4) is 0 Å².